The fourth-order valence-corrected chi connectivity index (χ4v) is 2.81. The molecule has 3 heteroatoms. The maximum absolute atomic E-state index is 12.3. The predicted molar refractivity (Wildman–Crippen MR) is 78.5 cm³/mol. The Morgan fingerprint density at radius 1 is 1.26 bits per heavy atom. The van der Waals surface area contributed by atoms with Crippen LogP contribution < -0.4 is 10.6 Å². The minimum atomic E-state index is 0.0589. The lowest BCUT2D eigenvalue weighted by Gasteiger charge is -2.42. The van der Waals surface area contributed by atoms with Crippen LogP contribution in [0, 0.1) is 19.3 Å². The Balaban J connectivity index is 1.99. The third-order valence-corrected chi connectivity index (χ3v) is 4.23. The highest BCUT2D eigenvalue weighted by Crippen LogP contribution is 2.39. The molecule has 0 aromatic heterocycles. The van der Waals surface area contributed by atoms with E-state index in [0.717, 1.165) is 29.8 Å². The number of amides is 1. The van der Waals surface area contributed by atoms with Gasteiger partial charge >= 0.3 is 0 Å². The SMILES string of the molecule is CNCC1(CNC(=O)c2cc(C)ccc2C)CCC1. The van der Waals surface area contributed by atoms with Crippen molar-refractivity contribution >= 4 is 5.91 Å². The first-order valence-electron chi connectivity index (χ1n) is 7.06. The molecule has 1 aliphatic carbocycles. The second kappa shape index (κ2) is 5.74. The molecule has 1 amide bonds. The van der Waals surface area contributed by atoms with Crippen molar-refractivity contribution < 1.29 is 4.79 Å². The van der Waals surface area contributed by atoms with Crippen LogP contribution in [0.2, 0.25) is 0 Å². The highest BCUT2D eigenvalue weighted by atomic mass is 16.1. The van der Waals surface area contributed by atoms with E-state index in [9.17, 15) is 4.79 Å². The van der Waals surface area contributed by atoms with E-state index in [1.807, 2.05) is 39.1 Å². The largest absolute Gasteiger partial charge is 0.351 e. The summed E-state index contributed by atoms with van der Waals surface area (Å²) in [7, 11) is 1.98. The van der Waals surface area contributed by atoms with Crippen molar-refractivity contribution in [3.8, 4) is 0 Å². The summed E-state index contributed by atoms with van der Waals surface area (Å²) in [6.07, 6.45) is 3.70. The summed E-state index contributed by atoms with van der Waals surface area (Å²) in [6.45, 7) is 5.77. The maximum atomic E-state index is 12.3. The smallest absolute Gasteiger partial charge is 0.251 e. The van der Waals surface area contributed by atoms with E-state index >= 15 is 0 Å². The van der Waals surface area contributed by atoms with Crippen molar-refractivity contribution in [1.29, 1.82) is 0 Å². The van der Waals surface area contributed by atoms with Gasteiger partial charge in [-0.15, -0.1) is 0 Å². The monoisotopic (exact) mass is 260 g/mol. The van der Waals surface area contributed by atoms with Gasteiger partial charge < -0.3 is 10.6 Å². The van der Waals surface area contributed by atoms with Crippen LogP contribution >= 0.6 is 0 Å². The predicted octanol–water partition coefficient (Wildman–Crippen LogP) is 2.42. The van der Waals surface area contributed by atoms with Gasteiger partial charge in [-0.3, -0.25) is 4.79 Å². The lowest BCUT2D eigenvalue weighted by Crippen LogP contribution is -2.47. The molecule has 104 valence electrons. The van der Waals surface area contributed by atoms with Gasteiger partial charge in [-0.05, 0) is 45.4 Å². The van der Waals surface area contributed by atoms with Gasteiger partial charge in [0, 0.05) is 24.1 Å². The van der Waals surface area contributed by atoms with Gasteiger partial charge in [-0.1, -0.05) is 24.1 Å². The molecule has 1 fully saturated rings. The van der Waals surface area contributed by atoms with E-state index in [0.29, 0.717) is 0 Å². The summed E-state index contributed by atoms with van der Waals surface area (Å²) >= 11 is 0. The van der Waals surface area contributed by atoms with E-state index in [4.69, 9.17) is 0 Å². The molecular formula is C16H24N2O. The minimum absolute atomic E-state index is 0.0589. The normalized spacial score (nSPS) is 16.8. The van der Waals surface area contributed by atoms with Crippen LogP contribution in [0.25, 0.3) is 0 Å². The molecule has 0 bridgehead atoms. The van der Waals surface area contributed by atoms with E-state index in [1.165, 1.54) is 19.3 Å². The molecule has 0 aliphatic heterocycles. The third-order valence-electron chi connectivity index (χ3n) is 4.23. The Morgan fingerprint density at radius 3 is 2.58 bits per heavy atom. The Bertz CT molecular complexity index is 464. The molecule has 1 aromatic carbocycles. The summed E-state index contributed by atoms with van der Waals surface area (Å²) in [5.74, 6) is 0.0589. The lowest BCUT2D eigenvalue weighted by molar-refractivity contribution is 0.0861. The Hall–Kier alpha value is -1.35. The average Bonchev–Trinajstić information content (AvgIpc) is 2.35. The van der Waals surface area contributed by atoms with Crippen LogP contribution in [-0.2, 0) is 0 Å². The van der Waals surface area contributed by atoms with Crippen LogP contribution in [0.15, 0.2) is 18.2 Å². The van der Waals surface area contributed by atoms with E-state index in [2.05, 4.69) is 10.6 Å². The molecule has 0 radical (unpaired) electrons. The number of benzene rings is 1. The zero-order chi connectivity index (χ0) is 13.9. The van der Waals surface area contributed by atoms with Crippen LogP contribution in [0.5, 0.6) is 0 Å². The summed E-state index contributed by atoms with van der Waals surface area (Å²) < 4.78 is 0. The molecule has 2 N–H and O–H groups in total. The number of hydrogen-bond acceptors (Lipinski definition) is 2. The summed E-state index contributed by atoms with van der Waals surface area (Å²) in [5, 5.41) is 6.36. The molecular weight excluding hydrogens is 236 g/mol. The van der Waals surface area contributed by atoms with Crippen LogP contribution in [-0.4, -0.2) is 26.0 Å². The summed E-state index contributed by atoms with van der Waals surface area (Å²) in [6, 6.07) is 6.02. The fourth-order valence-electron chi connectivity index (χ4n) is 2.81. The number of carbonyl (C=O) groups is 1. The highest BCUT2D eigenvalue weighted by Gasteiger charge is 2.36. The first-order chi connectivity index (χ1) is 9.06. The zero-order valence-electron chi connectivity index (χ0n) is 12.2. The molecule has 2 rings (SSSR count). The van der Waals surface area contributed by atoms with Crippen LogP contribution in [0.3, 0.4) is 0 Å². The molecule has 0 unspecified atom stereocenters. The molecule has 0 heterocycles. The highest BCUT2D eigenvalue weighted by molar-refractivity contribution is 5.95. The standard InChI is InChI=1S/C16H24N2O/c1-12-5-6-13(2)14(9-12)15(19)18-11-16(10-17-3)7-4-8-16/h5-6,9,17H,4,7-8,10-11H2,1-3H3,(H,18,19). The molecule has 0 atom stereocenters. The molecule has 0 spiro atoms. The fraction of sp³-hybridized carbons (Fsp3) is 0.562. The minimum Gasteiger partial charge on any atom is -0.351 e. The quantitative estimate of drug-likeness (QED) is 0.853. The molecule has 0 saturated heterocycles. The van der Waals surface area contributed by atoms with E-state index in [1.54, 1.807) is 0 Å². The second-order valence-corrected chi connectivity index (χ2v) is 5.88. The lowest BCUT2D eigenvalue weighted by atomic mass is 9.68. The number of nitrogens with one attached hydrogen (secondary N) is 2. The van der Waals surface area contributed by atoms with Crippen molar-refractivity contribution in [1.82, 2.24) is 10.6 Å². The maximum Gasteiger partial charge on any atom is 0.251 e. The average molecular weight is 260 g/mol. The second-order valence-electron chi connectivity index (χ2n) is 5.88. The number of rotatable bonds is 5. The zero-order valence-corrected chi connectivity index (χ0v) is 12.2. The van der Waals surface area contributed by atoms with Crippen LogP contribution in [0.4, 0.5) is 0 Å². The van der Waals surface area contributed by atoms with E-state index in [-0.39, 0.29) is 11.3 Å². The van der Waals surface area contributed by atoms with Crippen molar-refractivity contribution in [2.45, 2.75) is 33.1 Å². The van der Waals surface area contributed by atoms with Crippen molar-refractivity contribution in [2.24, 2.45) is 5.41 Å². The van der Waals surface area contributed by atoms with Gasteiger partial charge in [0.15, 0.2) is 0 Å². The molecule has 1 saturated carbocycles. The molecule has 3 nitrogen and oxygen atoms in total. The first kappa shape index (κ1) is 14.1. The van der Waals surface area contributed by atoms with Gasteiger partial charge in [0.05, 0.1) is 0 Å². The van der Waals surface area contributed by atoms with Gasteiger partial charge in [0.2, 0.25) is 0 Å². The molecule has 19 heavy (non-hydrogen) atoms. The molecule has 1 aromatic rings. The number of carbonyl (C=O) groups excluding carboxylic acids is 1. The Kier molecular flexibility index (Phi) is 4.25. The van der Waals surface area contributed by atoms with Gasteiger partial charge in [-0.25, -0.2) is 0 Å². The molecule has 1 aliphatic rings. The van der Waals surface area contributed by atoms with Crippen molar-refractivity contribution in [2.75, 3.05) is 20.1 Å². The number of aryl methyl sites for hydroxylation is 2. The van der Waals surface area contributed by atoms with Crippen molar-refractivity contribution in [3.05, 3.63) is 34.9 Å². The number of hydrogen-bond donors (Lipinski definition) is 2. The van der Waals surface area contributed by atoms with Crippen molar-refractivity contribution in [3.63, 3.8) is 0 Å². The van der Waals surface area contributed by atoms with Gasteiger partial charge in [-0.2, -0.15) is 0 Å². The van der Waals surface area contributed by atoms with Gasteiger partial charge in [0.1, 0.15) is 0 Å². The summed E-state index contributed by atoms with van der Waals surface area (Å²) in [5.41, 5.74) is 3.25. The van der Waals surface area contributed by atoms with Crippen LogP contribution in [0.1, 0.15) is 40.7 Å². The topological polar surface area (TPSA) is 41.1 Å². The third kappa shape index (κ3) is 3.16. The Labute approximate surface area is 115 Å². The van der Waals surface area contributed by atoms with Gasteiger partial charge in [0.25, 0.3) is 5.91 Å². The van der Waals surface area contributed by atoms with E-state index < -0.39 is 0 Å². The Morgan fingerprint density at radius 2 is 2.00 bits per heavy atom. The summed E-state index contributed by atoms with van der Waals surface area (Å²) in [4.78, 5) is 12.3. The first-order valence-corrected chi connectivity index (χ1v) is 7.06.